The molecule has 0 aliphatic carbocycles. The van der Waals surface area contributed by atoms with Gasteiger partial charge in [-0.05, 0) is 49.4 Å². The van der Waals surface area contributed by atoms with Crippen LogP contribution in [-0.4, -0.2) is 24.4 Å². The Bertz CT molecular complexity index is 871. The highest BCUT2D eigenvalue weighted by Crippen LogP contribution is 2.26. The third-order valence-corrected chi connectivity index (χ3v) is 4.83. The number of carbonyl (C=O) groups excluding carboxylic acids is 3. The summed E-state index contributed by atoms with van der Waals surface area (Å²) in [5.74, 6) is -0.653. The number of rotatable bonds is 12. The van der Waals surface area contributed by atoms with Crippen LogP contribution in [0.2, 0.25) is 5.02 Å². The molecular formula is C24H29ClN2O4. The van der Waals surface area contributed by atoms with Crippen molar-refractivity contribution in [3.05, 3.63) is 59.1 Å². The summed E-state index contributed by atoms with van der Waals surface area (Å²) < 4.78 is 5.22. The van der Waals surface area contributed by atoms with Crippen LogP contribution >= 0.6 is 11.6 Å². The summed E-state index contributed by atoms with van der Waals surface area (Å²) in [5.41, 5.74) is 2.20. The molecule has 0 fully saturated rings. The molecular weight excluding hydrogens is 416 g/mol. The van der Waals surface area contributed by atoms with Gasteiger partial charge in [0.1, 0.15) is 0 Å². The fourth-order valence-electron chi connectivity index (χ4n) is 2.93. The van der Waals surface area contributed by atoms with Crippen molar-refractivity contribution in [3.8, 4) is 0 Å². The molecule has 166 valence electrons. The summed E-state index contributed by atoms with van der Waals surface area (Å²) in [4.78, 5) is 35.8. The second-order valence-corrected chi connectivity index (χ2v) is 7.61. The number of esters is 1. The van der Waals surface area contributed by atoms with Crippen LogP contribution < -0.4 is 10.6 Å². The van der Waals surface area contributed by atoms with E-state index in [1.165, 1.54) is 5.56 Å². The number of carbonyl (C=O) groups is 3. The molecule has 0 unspecified atom stereocenters. The van der Waals surface area contributed by atoms with E-state index in [4.69, 9.17) is 16.3 Å². The van der Waals surface area contributed by atoms with Crippen molar-refractivity contribution in [2.24, 2.45) is 0 Å². The predicted octanol–water partition coefficient (Wildman–Crippen LogP) is 5.36. The predicted molar refractivity (Wildman–Crippen MR) is 123 cm³/mol. The summed E-state index contributed by atoms with van der Waals surface area (Å²) in [7, 11) is 0. The second kappa shape index (κ2) is 13.4. The molecule has 2 aromatic carbocycles. The lowest BCUT2D eigenvalue weighted by Gasteiger charge is -2.10. The molecule has 0 heterocycles. The number of benzene rings is 2. The Labute approximate surface area is 188 Å². The minimum atomic E-state index is -0.306. The monoisotopic (exact) mass is 444 g/mol. The molecule has 0 radical (unpaired) electrons. The number of nitrogens with one attached hydrogen (secondary N) is 2. The first-order chi connectivity index (χ1) is 15.0. The minimum absolute atomic E-state index is 0.0932. The topological polar surface area (TPSA) is 84.5 Å². The van der Waals surface area contributed by atoms with Crippen LogP contribution in [0.3, 0.4) is 0 Å². The molecule has 2 rings (SSSR count). The maximum atomic E-state index is 12.2. The second-order valence-electron chi connectivity index (χ2n) is 7.20. The van der Waals surface area contributed by atoms with Gasteiger partial charge in [0.25, 0.3) is 0 Å². The van der Waals surface area contributed by atoms with E-state index in [1.54, 1.807) is 18.2 Å². The Morgan fingerprint density at radius 3 is 2.39 bits per heavy atom. The van der Waals surface area contributed by atoms with Crippen molar-refractivity contribution in [1.82, 2.24) is 0 Å². The lowest BCUT2D eigenvalue weighted by Crippen LogP contribution is -2.14. The van der Waals surface area contributed by atoms with Crippen LogP contribution in [0.5, 0.6) is 0 Å². The molecule has 0 aliphatic heterocycles. The first-order valence-corrected chi connectivity index (χ1v) is 10.9. The zero-order chi connectivity index (χ0) is 22.5. The van der Waals surface area contributed by atoms with E-state index in [0.717, 1.165) is 19.3 Å². The van der Waals surface area contributed by atoms with Crippen molar-refractivity contribution in [1.29, 1.82) is 0 Å². The highest BCUT2D eigenvalue weighted by molar-refractivity contribution is 6.33. The van der Waals surface area contributed by atoms with Gasteiger partial charge in [-0.15, -0.1) is 0 Å². The molecule has 0 saturated heterocycles. The van der Waals surface area contributed by atoms with E-state index in [9.17, 15) is 14.4 Å². The molecule has 0 atom stereocenters. The van der Waals surface area contributed by atoms with Crippen molar-refractivity contribution >= 4 is 40.8 Å². The van der Waals surface area contributed by atoms with Gasteiger partial charge in [0, 0.05) is 24.9 Å². The third kappa shape index (κ3) is 9.66. The van der Waals surface area contributed by atoms with Gasteiger partial charge in [0.15, 0.2) is 0 Å². The van der Waals surface area contributed by atoms with Gasteiger partial charge in [0.2, 0.25) is 11.8 Å². The van der Waals surface area contributed by atoms with Crippen LogP contribution in [0.25, 0.3) is 0 Å². The van der Waals surface area contributed by atoms with E-state index in [1.807, 2.05) is 37.3 Å². The zero-order valence-corrected chi connectivity index (χ0v) is 18.5. The normalized spacial score (nSPS) is 10.4. The van der Waals surface area contributed by atoms with E-state index in [0.29, 0.717) is 35.8 Å². The van der Waals surface area contributed by atoms with Crippen molar-refractivity contribution in [2.45, 2.75) is 51.9 Å². The Hall–Kier alpha value is -2.86. The maximum absolute atomic E-state index is 12.2. The molecule has 0 aromatic heterocycles. The molecule has 6 nitrogen and oxygen atoms in total. The smallest absolute Gasteiger partial charge is 0.305 e. The van der Waals surface area contributed by atoms with E-state index in [2.05, 4.69) is 10.6 Å². The summed E-state index contributed by atoms with van der Waals surface area (Å²) in [6.45, 7) is 2.29. The Morgan fingerprint density at radius 2 is 1.65 bits per heavy atom. The van der Waals surface area contributed by atoms with Crippen LogP contribution in [0.4, 0.5) is 11.4 Å². The molecule has 0 bridgehead atoms. The van der Waals surface area contributed by atoms with E-state index < -0.39 is 0 Å². The number of hydrogen-bond acceptors (Lipinski definition) is 4. The molecule has 0 aliphatic rings. The van der Waals surface area contributed by atoms with Crippen LogP contribution in [-0.2, 0) is 25.5 Å². The van der Waals surface area contributed by atoms with Gasteiger partial charge in [-0.1, -0.05) is 48.9 Å². The highest BCUT2D eigenvalue weighted by atomic mass is 35.5. The number of halogens is 1. The Morgan fingerprint density at radius 1 is 0.903 bits per heavy atom. The van der Waals surface area contributed by atoms with Gasteiger partial charge in [0.05, 0.1) is 17.3 Å². The number of amides is 2. The quantitative estimate of drug-likeness (QED) is 0.340. The SMILES string of the molecule is CCCC(=O)Nc1ccc(Cl)c(NC(=O)CCCC(=O)OCCCc2ccccc2)c1. The maximum Gasteiger partial charge on any atom is 0.305 e. The fraction of sp³-hybridized carbons (Fsp3) is 0.375. The number of anilines is 2. The largest absolute Gasteiger partial charge is 0.466 e. The minimum Gasteiger partial charge on any atom is -0.466 e. The first kappa shape index (κ1) is 24.4. The molecule has 31 heavy (non-hydrogen) atoms. The Balaban J connectivity index is 1.67. The molecule has 0 spiro atoms. The van der Waals surface area contributed by atoms with Gasteiger partial charge in [-0.2, -0.15) is 0 Å². The van der Waals surface area contributed by atoms with Crippen LogP contribution in [0, 0.1) is 0 Å². The average Bonchev–Trinajstić information content (AvgIpc) is 2.74. The fourth-order valence-corrected chi connectivity index (χ4v) is 3.10. The van der Waals surface area contributed by atoms with Crippen LogP contribution in [0.15, 0.2) is 48.5 Å². The van der Waals surface area contributed by atoms with Gasteiger partial charge < -0.3 is 15.4 Å². The molecule has 2 amide bonds. The highest BCUT2D eigenvalue weighted by Gasteiger charge is 2.10. The standard InChI is InChI=1S/C24H29ClN2O4/c1-2-8-22(28)26-19-14-15-20(25)21(17-19)27-23(29)12-6-13-24(30)31-16-7-11-18-9-4-3-5-10-18/h3-5,9-10,14-15,17H,2,6-8,11-13,16H2,1H3,(H,26,28)(H,27,29). The Kier molecular flexibility index (Phi) is 10.6. The molecule has 0 saturated carbocycles. The van der Waals surface area contributed by atoms with Gasteiger partial charge in [-0.3, -0.25) is 14.4 Å². The average molecular weight is 445 g/mol. The number of aryl methyl sites for hydroxylation is 1. The summed E-state index contributed by atoms with van der Waals surface area (Å²) in [6.07, 6.45) is 3.52. The van der Waals surface area contributed by atoms with Crippen molar-refractivity contribution < 1.29 is 19.1 Å². The number of hydrogen-bond donors (Lipinski definition) is 2. The molecule has 2 N–H and O–H groups in total. The molecule has 7 heteroatoms. The van der Waals surface area contributed by atoms with E-state index >= 15 is 0 Å². The molecule has 2 aromatic rings. The van der Waals surface area contributed by atoms with Crippen molar-refractivity contribution in [2.75, 3.05) is 17.2 Å². The lowest BCUT2D eigenvalue weighted by molar-refractivity contribution is -0.143. The summed E-state index contributed by atoms with van der Waals surface area (Å²) in [6, 6.07) is 14.9. The van der Waals surface area contributed by atoms with E-state index in [-0.39, 0.29) is 30.6 Å². The van der Waals surface area contributed by atoms with Gasteiger partial charge >= 0.3 is 5.97 Å². The van der Waals surface area contributed by atoms with Gasteiger partial charge in [-0.25, -0.2) is 0 Å². The van der Waals surface area contributed by atoms with Crippen LogP contribution in [0.1, 0.15) is 51.0 Å². The lowest BCUT2D eigenvalue weighted by atomic mass is 10.1. The summed E-state index contributed by atoms with van der Waals surface area (Å²) >= 11 is 6.14. The number of ether oxygens (including phenoxy) is 1. The third-order valence-electron chi connectivity index (χ3n) is 4.50. The van der Waals surface area contributed by atoms with Crippen molar-refractivity contribution in [3.63, 3.8) is 0 Å². The first-order valence-electron chi connectivity index (χ1n) is 10.6. The zero-order valence-electron chi connectivity index (χ0n) is 17.8. The summed E-state index contributed by atoms with van der Waals surface area (Å²) in [5, 5.41) is 5.87.